The van der Waals surface area contributed by atoms with E-state index >= 15 is 0 Å². The van der Waals surface area contributed by atoms with Crippen molar-refractivity contribution in [2.45, 2.75) is 12.3 Å². The minimum Gasteiger partial charge on any atom is -0.469 e. The van der Waals surface area contributed by atoms with Gasteiger partial charge in [0.1, 0.15) is 12.4 Å². The summed E-state index contributed by atoms with van der Waals surface area (Å²) in [6.07, 6.45) is 0.445. The molecule has 0 N–H and O–H groups in total. The van der Waals surface area contributed by atoms with Gasteiger partial charge in [-0.05, 0) is 29.7 Å². The molecule has 0 fully saturated rings. The molecule has 8 nitrogen and oxygen atoms in total. The largest absolute Gasteiger partial charge is 0.469 e. The average Bonchev–Trinajstić information content (AvgIpc) is 2.86. The highest BCUT2D eigenvalue weighted by molar-refractivity contribution is 6.03. The van der Waals surface area contributed by atoms with E-state index in [1.165, 1.54) is 21.3 Å². The van der Waals surface area contributed by atoms with Gasteiger partial charge >= 0.3 is 17.9 Å². The normalized spacial score (nSPS) is 14.5. The van der Waals surface area contributed by atoms with Gasteiger partial charge in [0.2, 0.25) is 0 Å². The van der Waals surface area contributed by atoms with Crippen molar-refractivity contribution in [3.63, 3.8) is 0 Å². The number of methoxy groups -OCH3 is 3. The molecule has 0 aliphatic carbocycles. The highest BCUT2D eigenvalue weighted by Gasteiger charge is 2.32. The standard InChI is InChI=1S/C24H25NO7/c1-29-22(26)19(17-7-5-4-6-8-17)13-16-9-11-18(12-10-16)25-15-32-14-20(23(27)30-2)21(25)24(28)31-3/h4-12,19H,13-15H2,1-3H3. The Balaban J connectivity index is 1.89. The van der Waals surface area contributed by atoms with E-state index in [1.54, 1.807) is 17.0 Å². The molecule has 3 rings (SSSR count). The molecule has 0 spiro atoms. The zero-order chi connectivity index (χ0) is 23.1. The molecule has 1 atom stereocenters. The topological polar surface area (TPSA) is 91.4 Å². The van der Waals surface area contributed by atoms with Crippen molar-refractivity contribution in [1.82, 2.24) is 0 Å². The first kappa shape index (κ1) is 23.0. The Morgan fingerprint density at radius 1 is 0.906 bits per heavy atom. The van der Waals surface area contributed by atoms with Crippen molar-refractivity contribution in [1.29, 1.82) is 0 Å². The first-order chi connectivity index (χ1) is 15.5. The third kappa shape index (κ3) is 4.97. The number of anilines is 1. The van der Waals surface area contributed by atoms with Crippen molar-refractivity contribution >= 4 is 23.6 Å². The van der Waals surface area contributed by atoms with Crippen LogP contribution in [0.15, 0.2) is 65.9 Å². The van der Waals surface area contributed by atoms with Crippen LogP contribution in [0.2, 0.25) is 0 Å². The van der Waals surface area contributed by atoms with Gasteiger partial charge in [0.25, 0.3) is 0 Å². The summed E-state index contributed by atoms with van der Waals surface area (Å²) in [6.45, 7) is 0.0165. The van der Waals surface area contributed by atoms with Gasteiger partial charge in [-0.2, -0.15) is 0 Å². The van der Waals surface area contributed by atoms with Gasteiger partial charge in [-0.25, -0.2) is 9.59 Å². The van der Waals surface area contributed by atoms with E-state index in [0.717, 1.165) is 11.1 Å². The fourth-order valence-electron chi connectivity index (χ4n) is 3.56. The summed E-state index contributed by atoms with van der Waals surface area (Å²) in [5.74, 6) is -2.08. The summed E-state index contributed by atoms with van der Waals surface area (Å²) in [6, 6.07) is 16.7. The number of esters is 3. The van der Waals surface area contributed by atoms with Crippen molar-refractivity contribution in [2.24, 2.45) is 0 Å². The van der Waals surface area contributed by atoms with Gasteiger partial charge in [-0.3, -0.25) is 4.79 Å². The molecule has 1 aliphatic heterocycles. The summed E-state index contributed by atoms with van der Waals surface area (Å²) in [4.78, 5) is 38.5. The number of rotatable bonds is 7. The Morgan fingerprint density at radius 2 is 1.56 bits per heavy atom. The second kappa shape index (κ2) is 10.6. The monoisotopic (exact) mass is 439 g/mol. The van der Waals surface area contributed by atoms with Crippen molar-refractivity contribution in [3.05, 3.63) is 77.0 Å². The molecule has 0 amide bonds. The van der Waals surface area contributed by atoms with E-state index < -0.39 is 17.9 Å². The first-order valence-electron chi connectivity index (χ1n) is 9.97. The lowest BCUT2D eigenvalue weighted by Crippen LogP contribution is -2.38. The molecule has 168 valence electrons. The summed E-state index contributed by atoms with van der Waals surface area (Å²) in [7, 11) is 3.86. The minimum absolute atomic E-state index is 0.0520. The van der Waals surface area contributed by atoms with E-state index in [2.05, 4.69) is 0 Å². The van der Waals surface area contributed by atoms with Crippen LogP contribution in [0.5, 0.6) is 0 Å². The van der Waals surface area contributed by atoms with E-state index in [1.807, 2.05) is 42.5 Å². The van der Waals surface area contributed by atoms with Crippen LogP contribution in [-0.4, -0.2) is 52.6 Å². The predicted molar refractivity (Wildman–Crippen MR) is 116 cm³/mol. The van der Waals surface area contributed by atoms with Gasteiger partial charge in [0.15, 0.2) is 0 Å². The fourth-order valence-corrected chi connectivity index (χ4v) is 3.56. The van der Waals surface area contributed by atoms with Crippen molar-refractivity contribution < 1.29 is 33.3 Å². The van der Waals surface area contributed by atoms with E-state index in [-0.39, 0.29) is 30.6 Å². The molecular formula is C24H25NO7. The predicted octanol–water partition coefficient (Wildman–Crippen LogP) is 2.58. The van der Waals surface area contributed by atoms with Crippen LogP contribution in [0, 0.1) is 0 Å². The SMILES string of the molecule is COC(=O)C1=C(C(=O)OC)N(c2ccc(CC(C(=O)OC)c3ccccc3)cc2)COC1. The second-order valence-corrected chi connectivity index (χ2v) is 7.07. The number of carbonyl (C=O) groups excluding carboxylic acids is 3. The number of hydrogen-bond acceptors (Lipinski definition) is 8. The maximum absolute atomic E-state index is 12.4. The molecule has 0 aromatic heterocycles. The van der Waals surface area contributed by atoms with Crippen LogP contribution in [0.3, 0.4) is 0 Å². The van der Waals surface area contributed by atoms with E-state index in [0.29, 0.717) is 12.1 Å². The van der Waals surface area contributed by atoms with Gasteiger partial charge in [0, 0.05) is 5.69 Å². The first-order valence-corrected chi connectivity index (χ1v) is 9.97. The van der Waals surface area contributed by atoms with Gasteiger partial charge < -0.3 is 23.8 Å². The quantitative estimate of drug-likeness (QED) is 0.480. The zero-order valence-corrected chi connectivity index (χ0v) is 18.2. The molecule has 0 saturated carbocycles. The maximum atomic E-state index is 12.4. The molecular weight excluding hydrogens is 414 g/mol. The van der Waals surface area contributed by atoms with Crippen molar-refractivity contribution in [3.8, 4) is 0 Å². The lowest BCUT2D eigenvalue weighted by atomic mass is 9.92. The van der Waals surface area contributed by atoms with Crippen molar-refractivity contribution in [2.75, 3.05) is 39.6 Å². The third-order valence-corrected chi connectivity index (χ3v) is 5.21. The fraction of sp³-hybridized carbons (Fsp3) is 0.292. The molecule has 1 aliphatic rings. The highest BCUT2D eigenvalue weighted by atomic mass is 16.5. The Morgan fingerprint density at radius 3 is 2.16 bits per heavy atom. The van der Waals surface area contributed by atoms with Crippen LogP contribution in [-0.2, 0) is 39.8 Å². The molecule has 1 unspecified atom stereocenters. The summed E-state index contributed by atoms with van der Waals surface area (Å²) in [5, 5.41) is 0. The summed E-state index contributed by atoms with van der Waals surface area (Å²) < 4.78 is 20.1. The van der Waals surface area contributed by atoms with Gasteiger partial charge in [0.05, 0.1) is 39.4 Å². The van der Waals surface area contributed by atoms with Crippen LogP contribution in [0.1, 0.15) is 17.0 Å². The van der Waals surface area contributed by atoms with Crippen LogP contribution >= 0.6 is 0 Å². The number of hydrogen-bond donors (Lipinski definition) is 0. The Kier molecular flexibility index (Phi) is 7.62. The molecule has 2 aromatic carbocycles. The van der Waals surface area contributed by atoms with E-state index in [4.69, 9.17) is 18.9 Å². The molecule has 0 bridgehead atoms. The zero-order valence-electron chi connectivity index (χ0n) is 18.2. The lowest BCUT2D eigenvalue weighted by molar-refractivity contribution is -0.142. The Bertz CT molecular complexity index is 999. The van der Waals surface area contributed by atoms with E-state index in [9.17, 15) is 14.4 Å². The lowest BCUT2D eigenvalue weighted by Gasteiger charge is -2.31. The molecule has 1 heterocycles. The molecule has 0 radical (unpaired) electrons. The average molecular weight is 439 g/mol. The second-order valence-electron chi connectivity index (χ2n) is 7.07. The Labute approximate surface area is 186 Å². The molecule has 0 saturated heterocycles. The summed E-state index contributed by atoms with van der Waals surface area (Å²) >= 11 is 0. The Hall–Kier alpha value is -3.65. The molecule has 8 heteroatoms. The van der Waals surface area contributed by atoms with Crippen LogP contribution in [0.25, 0.3) is 0 Å². The van der Waals surface area contributed by atoms with Gasteiger partial charge in [-0.1, -0.05) is 42.5 Å². The van der Waals surface area contributed by atoms with Crippen LogP contribution < -0.4 is 4.90 Å². The number of nitrogens with zero attached hydrogens (tertiary/aromatic N) is 1. The maximum Gasteiger partial charge on any atom is 0.355 e. The summed E-state index contributed by atoms with van der Waals surface area (Å²) in [5.41, 5.74) is 2.57. The van der Waals surface area contributed by atoms with Crippen LogP contribution in [0.4, 0.5) is 5.69 Å². The smallest absolute Gasteiger partial charge is 0.355 e. The molecule has 32 heavy (non-hydrogen) atoms. The minimum atomic E-state index is -0.660. The number of benzene rings is 2. The molecule has 2 aromatic rings. The van der Waals surface area contributed by atoms with Gasteiger partial charge in [-0.15, -0.1) is 0 Å². The number of carbonyl (C=O) groups is 3. The highest BCUT2D eigenvalue weighted by Crippen LogP contribution is 2.28. The third-order valence-electron chi connectivity index (χ3n) is 5.21. The number of ether oxygens (including phenoxy) is 4.